The van der Waals surface area contributed by atoms with Crippen molar-refractivity contribution in [3.05, 3.63) is 34.4 Å². The third-order valence-electron chi connectivity index (χ3n) is 3.34. The van der Waals surface area contributed by atoms with E-state index in [2.05, 4.69) is 12.1 Å². The number of aliphatic hydroxyl groups excluding tert-OH is 1. The number of aliphatic hydroxyl groups is 1. The standard InChI is InChI=1S/C12H12O2/c13-9-5-3-7-1-2-8-4-6-10(14)12(8)11(7)9/h1-2,9,13H,3-6H2/t9-/m0/s1. The Balaban J connectivity index is 2.29. The van der Waals surface area contributed by atoms with Crippen molar-refractivity contribution < 1.29 is 9.90 Å². The Hall–Kier alpha value is -1.15. The molecular formula is C12H12O2. The number of aryl methyl sites for hydroxylation is 2. The highest BCUT2D eigenvalue weighted by Crippen LogP contribution is 2.38. The van der Waals surface area contributed by atoms with E-state index in [0.717, 1.165) is 36.0 Å². The summed E-state index contributed by atoms with van der Waals surface area (Å²) in [6.45, 7) is 0. The molecule has 2 nitrogen and oxygen atoms in total. The predicted octanol–water partition coefficient (Wildman–Crippen LogP) is 1.80. The molecule has 1 N–H and O–H groups in total. The van der Waals surface area contributed by atoms with Crippen LogP contribution >= 0.6 is 0 Å². The smallest absolute Gasteiger partial charge is 0.163 e. The van der Waals surface area contributed by atoms with Crippen molar-refractivity contribution >= 4 is 5.78 Å². The van der Waals surface area contributed by atoms with Crippen molar-refractivity contribution in [3.63, 3.8) is 0 Å². The first-order chi connectivity index (χ1) is 6.77. The highest BCUT2D eigenvalue weighted by molar-refractivity contribution is 6.02. The van der Waals surface area contributed by atoms with Gasteiger partial charge in [0.1, 0.15) is 0 Å². The molecule has 2 heteroatoms. The molecule has 0 saturated heterocycles. The van der Waals surface area contributed by atoms with Gasteiger partial charge in [0.2, 0.25) is 0 Å². The van der Waals surface area contributed by atoms with Gasteiger partial charge < -0.3 is 5.11 Å². The van der Waals surface area contributed by atoms with Crippen LogP contribution in [-0.4, -0.2) is 10.9 Å². The molecule has 0 fully saturated rings. The van der Waals surface area contributed by atoms with Gasteiger partial charge >= 0.3 is 0 Å². The largest absolute Gasteiger partial charge is 0.388 e. The summed E-state index contributed by atoms with van der Waals surface area (Å²) in [6, 6.07) is 4.13. The van der Waals surface area contributed by atoms with Gasteiger partial charge in [-0.2, -0.15) is 0 Å². The molecule has 1 aromatic carbocycles. The Morgan fingerprint density at radius 3 is 2.79 bits per heavy atom. The molecule has 0 saturated carbocycles. The molecule has 3 rings (SSSR count). The molecule has 14 heavy (non-hydrogen) atoms. The molecule has 2 aliphatic carbocycles. The normalized spacial score (nSPS) is 23.8. The fourth-order valence-corrected chi connectivity index (χ4v) is 2.65. The fraction of sp³-hybridized carbons (Fsp3) is 0.417. The first-order valence-electron chi connectivity index (χ1n) is 5.13. The van der Waals surface area contributed by atoms with E-state index in [1.807, 2.05) is 0 Å². The Labute approximate surface area is 82.6 Å². The number of hydrogen-bond acceptors (Lipinski definition) is 2. The van der Waals surface area contributed by atoms with E-state index >= 15 is 0 Å². The zero-order chi connectivity index (χ0) is 9.71. The van der Waals surface area contributed by atoms with Gasteiger partial charge in [-0.05, 0) is 36.0 Å². The van der Waals surface area contributed by atoms with Crippen LogP contribution in [0, 0.1) is 0 Å². The van der Waals surface area contributed by atoms with E-state index in [-0.39, 0.29) is 5.78 Å². The summed E-state index contributed by atoms with van der Waals surface area (Å²) in [5.41, 5.74) is 4.08. The first-order valence-corrected chi connectivity index (χ1v) is 5.13. The van der Waals surface area contributed by atoms with Crippen molar-refractivity contribution in [2.45, 2.75) is 31.8 Å². The highest BCUT2D eigenvalue weighted by Gasteiger charge is 2.31. The number of fused-ring (bicyclic) bond motifs is 3. The molecule has 0 bridgehead atoms. The molecule has 0 aliphatic heterocycles. The molecule has 2 aliphatic rings. The van der Waals surface area contributed by atoms with Crippen LogP contribution in [0.25, 0.3) is 0 Å². The lowest BCUT2D eigenvalue weighted by Gasteiger charge is -2.09. The average Bonchev–Trinajstić information content (AvgIpc) is 2.72. The zero-order valence-corrected chi connectivity index (χ0v) is 7.92. The summed E-state index contributed by atoms with van der Waals surface area (Å²) in [5, 5.41) is 9.81. The second-order valence-electron chi connectivity index (χ2n) is 4.15. The van der Waals surface area contributed by atoms with Gasteiger partial charge in [-0.3, -0.25) is 4.79 Å². The predicted molar refractivity (Wildman–Crippen MR) is 52.4 cm³/mol. The van der Waals surface area contributed by atoms with Gasteiger partial charge in [0.25, 0.3) is 0 Å². The molecule has 1 atom stereocenters. The van der Waals surface area contributed by atoms with Gasteiger partial charge in [0.15, 0.2) is 5.78 Å². The number of benzene rings is 1. The Kier molecular flexibility index (Phi) is 1.56. The van der Waals surface area contributed by atoms with E-state index in [9.17, 15) is 9.90 Å². The highest BCUT2D eigenvalue weighted by atomic mass is 16.3. The lowest BCUT2D eigenvalue weighted by molar-refractivity contribution is 0.0988. The van der Waals surface area contributed by atoms with Crippen LogP contribution in [-0.2, 0) is 12.8 Å². The molecule has 0 spiro atoms. The van der Waals surface area contributed by atoms with Gasteiger partial charge in [0, 0.05) is 12.0 Å². The summed E-state index contributed by atoms with van der Waals surface area (Å²) in [7, 11) is 0. The third kappa shape index (κ3) is 0.919. The minimum Gasteiger partial charge on any atom is -0.388 e. The van der Waals surface area contributed by atoms with Crippen LogP contribution in [0.4, 0.5) is 0 Å². The zero-order valence-electron chi connectivity index (χ0n) is 7.92. The molecule has 0 heterocycles. The molecule has 0 aromatic heterocycles. The van der Waals surface area contributed by atoms with Crippen LogP contribution in [0.2, 0.25) is 0 Å². The summed E-state index contributed by atoms with van der Waals surface area (Å²) < 4.78 is 0. The Morgan fingerprint density at radius 1 is 1.14 bits per heavy atom. The lowest BCUT2D eigenvalue weighted by atomic mass is 9.98. The van der Waals surface area contributed by atoms with Crippen molar-refractivity contribution in [1.82, 2.24) is 0 Å². The summed E-state index contributed by atoms with van der Waals surface area (Å²) in [4.78, 5) is 11.7. The molecule has 0 amide bonds. The molecular weight excluding hydrogens is 176 g/mol. The van der Waals surface area contributed by atoms with Gasteiger partial charge in [-0.25, -0.2) is 0 Å². The van der Waals surface area contributed by atoms with E-state index < -0.39 is 6.10 Å². The number of carbonyl (C=O) groups excluding carboxylic acids is 1. The quantitative estimate of drug-likeness (QED) is 0.674. The number of hydrogen-bond donors (Lipinski definition) is 1. The number of carbonyl (C=O) groups is 1. The van der Waals surface area contributed by atoms with Crippen LogP contribution in [0.15, 0.2) is 12.1 Å². The minimum absolute atomic E-state index is 0.220. The third-order valence-corrected chi connectivity index (χ3v) is 3.34. The van der Waals surface area contributed by atoms with Crippen LogP contribution in [0.3, 0.4) is 0 Å². The van der Waals surface area contributed by atoms with Crippen LogP contribution in [0.1, 0.15) is 46.0 Å². The van der Waals surface area contributed by atoms with Gasteiger partial charge in [-0.1, -0.05) is 12.1 Å². The second kappa shape index (κ2) is 2.67. The monoisotopic (exact) mass is 188 g/mol. The summed E-state index contributed by atoms with van der Waals surface area (Å²) >= 11 is 0. The van der Waals surface area contributed by atoms with Crippen molar-refractivity contribution in [2.75, 3.05) is 0 Å². The minimum atomic E-state index is -0.401. The van der Waals surface area contributed by atoms with Crippen LogP contribution in [0.5, 0.6) is 0 Å². The molecule has 1 aromatic rings. The van der Waals surface area contributed by atoms with Gasteiger partial charge in [-0.15, -0.1) is 0 Å². The van der Waals surface area contributed by atoms with E-state index in [1.165, 1.54) is 5.56 Å². The SMILES string of the molecule is O=C1CCc2ccc3c(c21)[C@@H](O)CC3. The van der Waals surface area contributed by atoms with Crippen molar-refractivity contribution in [1.29, 1.82) is 0 Å². The number of ketones is 1. The lowest BCUT2D eigenvalue weighted by Crippen LogP contribution is -2.02. The van der Waals surface area contributed by atoms with Crippen molar-refractivity contribution in [2.24, 2.45) is 0 Å². The molecule has 0 radical (unpaired) electrons. The van der Waals surface area contributed by atoms with E-state index in [0.29, 0.717) is 6.42 Å². The first kappa shape index (κ1) is 8.18. The number of Topliss-reactive ketones (excluding diaryl/α,β-unsaturated/α-hetero) is 1. The number of rotatable bonds is 0. The van der Waals surface area contributed by atoms with E-state index in [4.69, 9.17) is 0 Å². The topological polar surface area (TPSA) is 37.3 Å². The maximum atomic E-state index is 11.7. The summed E-state index contributed by atoms with van der Waals surface area (Å²) in [5.74, 6) is 0.220. The molecule has 0 unspecified atom stereocenters. The summed E-state index contributed by atoms with van der Waals surface area (Å²) in [6.07, 6.45) is 2.77. The second-order valence-corrected chi connectivity index (χ2v) is 4.15. The fourth-order valence-electron chi connectivity index (χ4n) is 2.65. The Morgan fingerprint density at radius 2 is 1.93 bits per heavy atom. The maximum absolute atomic E-state index is 11.7. The van der Waals surface area contributed by atoms with E-state index in [1.54, 1.807) is 0 Å². The van der Waals surface area contributed by atoms with Crippen molar-refractivity contribution in [3.8, 4) is 0 Å². The average molecular weight is 188 g/mol. The maximum Gasteiger partial charge on any atom is 0.163 e. The molecule has 72 valence electrons. The van der Waals surface area contributed by atoms with Gasteiger partial charge in [0.05, 0.1) is 6.10 Å². The Bertz CT molecular complexity index is 421. The van der Waals surface area contributed by atoms with Crippen LogP contribution < -0.4 is 0 Å².